The van der Waals surface area contributed by atoms with Crippen LogP contribution in [0.1, 0.15) is 17.9 Å². The van der Waals surface area contributed by atoms with Gasteiger partial charge < -0.3 is 10.5 Å². The number of methoxy groups -OCH3 is 1. The van der Waals surface area contributed by atoms with Crippen LogP contribution in [0.25, 0.3) is 0 Å². The van der Waals surface area contributed by atoms with Crippen molar-refractivity contribution in [3.63, 3.8) is 0 Å². The van der Waals surface area contributed by atoms with E-state index >= 15 is 0 Å². The molecule has 0 radical (unpaired) electrons. The number of halogens is 2. The second-order valence-electron chi connectivity index (χ2n) is 5.52. The predicted molar refractivity (Wildman–Crippen MR) is 93.9 cm³/mol. The van der Waals surface area contributed by atoms with Gasteiger partial charge in [0.2, 0.25) is 5.91 Å². The molecule has 2 aliphatic heterocycles. The zero-order chi connectivity index (χ0) is 19.0. The lowest BCUT2D eigenvalue weighted by molar-refractivity contribution is -0.136. The Balaban J connectivity index is 2.35. The van der Waals surface area contributed by atoms with E-state index in [1.54, 1.807) is 0 Å². The van der Waals surface area contributed by atoms with Gasteiger partial charge in [0.1, 0.15) is 11.6 Å². The first-order valence-corrected chi connectivity index (χ1v) is 8.90. The second-order valence-corrected chi connectivity index (χ2v) is 7.01. The summed E-state index contributed by atoms with van der Waals surface area (Å²) >= 11 is 7.42. The van der Waals surface area contributed by atoms with Crippen molar-refractivity contribution < 1.29 is 18.7 Å². The molecular weight excluding hydrogens is 381 g/mol. The second kappa shape index (κ2) is 7.02. The number of hydrogen-bond acceptors (Lipinski definition) is 6. The summed E-state index contributed by atoms with van der Waals surface area (Å²) < 4.78 is 19.4. The maximum atomic E-state index is 14.6. The molecule has 0 spiro atoms. The topological polar surface area (TPSA) is 96.4 Å². The van der Waals surface area contributed by atoms with Crippen LogP contribution >= 0.6 is 23.4 Å². The lowest BCUT2D eigenvalue weighted by Crippen LogP contribution is -2.42. The van der Waals surface area contributed by atoms with E-state index in [0.717, 1.165) is 12.0 Å². The number of fused-ring (bicyclic) bond motifs is 1. The Morgan fingerprint density at radius 3 is 2.88 bits per heavy atom. The maximum Gasteiger partial charge on any atom is 0.338 e. The number of benzene rings is 1. The van der Waals surface area contributed by atoms with Crippen LogP contribution in [-0.2, 0) is 14.3 Å². The Hall–Kier alpha value is -2.50. The standard InChI is InChI=1S/C17H13ClFN3O3S/c1-25-17(24)14-12(13-9(18)3-2-4-10(13)19)8(7-20)16-22(15(14)21)11(23)5-6-26-16/h2-4,12H,5-6,21H2,1H3. The summed E-state index contributed by atoms with van der Waals surface area (Å²) in [6.45, 7) is 0. The van der Waals surface area contributed by atoms with Crippen LogP contribution in [0.2, 0.25) is 5.02 Å². The van der Waals surface area contributed by atoms with E-state index < -0.39 is 17.7 Å². The third-order valence-electron chi connectivity index (χ3n) is 4.15. The molecule has 1 amide bonds. The Kier molecular flexibility index (Phi) is 4.94. The Morgan fingerprint density at radius 1 is 1.54 bits per heavy atom. The van der Waals surface area contributed by atoms with Gasteiger partial charge in [-0.1, -0.05) is 17.7 Å². The normalized spacial score (nSPS) is 20.0. The number of nitrogens with two attached hydrogens (primary N) is 1. The summed E-state index contributed by atoms with van der Waals surface area (Å²) in [5, 5.41) is 10.1. The van der Waals surface area contributed by atoms with E-state index in [1.807, 2.05) is 6.07 Å². The summed E-state index contributed by atoms with van der Waals surface area (Å²) in [5.41, 5.74) is 5.90. The van der Waals surface area contributed by atoms with Crippen LogP contribution in [0.15, 0.2) is 40.2 Å². The van der Waals surface area contributed by atoms with Crippen molar-refractivity contribution in [2.24, 2.45) is 5.73 Å². The molecule has 0 aliphatic carbocycles. The number of carbonyl (C=O) groups excluding carboxylic acids is 2. The Labute approximate surface area is 158 Å². The largest absolute Gasteiger partial charge is 0.466 e. The molecule has 1 aromatic carbocycles. The summed E-state index contributed by atoms with van der Waals surface area (Å²) in [4.78, 5) is 25.9. The van der Waals surface area contributed by atoms with Crippen molar-refractivity contribution >= 4 is 35.2 Å². The molecule has 0 saturated carbocycles. The molecule has 1 aromatic rings. The van der Waals surface area contributed by atoms with Gasteiger partial charge in [-0.15, -0.1) is 11.8 Å². The minimum Gasteiger partial charge on any atom is -0.466 e. The zero-order valence-electron chi connectivity index (χ0n) is 13.6. The van der Waals surface area contributed by atoms with E-state index in [0.29, 0.717) is 10.8 Å². The molecule has 2 N–H and O–H groups in total. The highest BCUT2D eigenvalue weighted by Gasteiger charge is 2.44. The van der Waals surface area contributed by atoms with Gasteiger partial charge in [-0.05, 0) is 12.1 Å². The number of thioether (sulfide) groups is 1. The molecule has 134 valence electrons. The van der Waals surface area contributed by atoms with Gasteiger partial charge in [-0.25, -0.2) is 9.18 Å². The molecule has 0 bridgehead atoms. The molecule has 1 fully saturated rings. The van der Waals surface area contributed by atoms with Crippen molar-refractivity contribution in [2.45, 2.75) is 12.3 Å². The number of carbonyl (C=O) groups is 2. The van der Waals surface area contributed by atoms with Crippen LogP contribution in [0.4, 0.5) is 4.39 Å². The van der Waals surface area contributed by atoms with Crippen LogP contribution in [0.5, 0.6) is 0 Å². The number of esters is 1. The van der Waals surface area contributed by atoms with E-state index in [4.69, 9.17) is 22.1 Å². The number of hydrogen-bond donors (Lipinski definition) is 1. The highest BCUT2D eigenvalue weighted by Crippen LogP contribution is 2.48. The van der Waals surface area contributed by atoms with Crippen LogP contribution < -0.4 is 5.73 Å². The van der Waals surface area contributed by atoms with Crippen molar-refractivity contribution in [3.8, 4) is 6.07 Å². The number of allylic oxidation sites excluding steroid dienone is 1. The summed E-state index contributed by atoms with van der Waals surface area (Å²) in [6, 6.07) is 6.05. The Bertz CT molecular complexity index is 902. The first-order valence-electron chi connectivity index (χ1n) is 7.54. The van der Waals surface area contributed by atoms with Gasteiger partial charge in [0.25, 0.3) is 0 Å². The average molecular weight is 394 g/mol. The fourth-order valence-corrected chi connectivity index (χ4v) is 4.41. The van der Waals surface area contributed by atoms with Crippen molar-refractivity contribution in [1.82, 2.24) is 4.90 Å². The van der Waals surface area contributed by atoms with Crippen LogP contribution in [0.3, 0.4) is 0 Å². The molecule has 1 unspecified atom stereocenters. The van der Waals surface area contributed by atoms with Crippen molar-refractivity contribution in [1.29, 1.82) is 5.26 Å². The SMILES string of the molecule is COC(=O)C1=C(N)N2C(=O)CCSC2=C(C#N)C1c1c(F)cccc1Cl. The minimum atomic E-state index is -1.16. The number of rotatable bonds is 2. The third-order valence-corrected chi connectivity index (χ3v) is 5.56. The first kappa shape index (κ1) is 18.3. The highest BCUT2D eigenvalue weighted by molar-refractivity contribution is 8.03. The highest BCUT2D eigenvalue weighted by atomic mass is 35.5. The van der Waals surface area contributed by atoms with E-state index in [-0.39, 0.29) is 39.9 Å². The summed E-state index contributed by atoms with van der Waals surface area (Å²) in [6.07, 6.45) is 0.202. The average Bonchev–Trinajstić information content (AvgIpc) is 2.61. The predicted octanol–water partition coefficient (Wildman–Crippen LogP) is 2.62. The molecule has 2 aliphatic rings. The van der Waals surface area contributed by atoms with Gasteiger partial charge in [-0.3, -0.25) is 9.69 Å². The fraction of sp³-hybridized carbons (Fsp3) is 0.235. The third kappa shape index (κ3) is 2.73. The van der Waals surface area contributed by atoms with Gasteiger partial charge in [0.15, 0.2) is 0 Å². The smallest absolute Gasteiger partial charge is 0.338 e. The lowest BCUT2D eigenvalue weighted by atomic mass is 9.82. The molecule has 1 atom stereocenters. The van der Waals surface area contributed by atoms with Crippen LogP contribution in [0, 0.1) is 17.1 Å². The summed E-state index contributed by atoms with van der Waals surface area (Å²) in [5.74, 6) is -2.77. The zero-order valence-corrected chi connectivity index (χ0v) is 15.2. The molecule has 3 rings (SSSR count). The number of ether oxygens (including phenoxy) is 1. The minimum absolute atomic E-state index is 0.0321. The van der Waals surface area contributed by atoms with Crippen LogP contribution in [-0.4, -0.2) is 29.6 Å². The first-order chi connectivity index (χ1) is 12.4. The van der Waals surface area contributed by atoms with Gasteiger partial charge >= 0.3 is 5.97 Å². The molecule has 6 nitrogen and oxygen atoms in total. The van der Waals surface area contributed by atoms with Gasteiger partial charge in [0.05, 0.1) is 35.3 Å². The molecule has 9 heteroatoms. The Morgan fingerprint density at radius 2 is 2.27 bits per heavy atom. The van der Waals surface area contributed by atoms with Crippen molar-refractivity contribution in [2.75, 3.05) is 12.9 Å². The van der Waals surface area contributed by atoms with Gasteiger partial charge in [-0.2, -0.15) is 5.26 Å². The van der Waals surface area contributed by atoms with E-state index in [9.17, 15) is 19.2 Å². The van der Waals surface area contributed by atoms with E-state index in [2.05, 4.69) is 0 Å². The fourth-order valence-electron chi connectivity index (χ4n) is 3.02. The maximum absolute atomic E-state index is 14.6. The summed E-state index contributed by atoms with van der Waals surface area (Å²) in [7, 11) is 1.14. The monoisotopic (exact) mass is 393 g/mol. The molecule has 0 aromatic heterocycles. The number of amides is 1. The molecular formula is C17H13ClFN3O3S. The number of nitriles is 1. The lowest BCUT2D eigenvalue weighted by Gasteiger charge is -2.37. The number of nitrogens with zero attached hydrogens (tertiary/aromatic N) is 2. The molecule has 26 heavy (non-hydrogen) atoms. The van der Waals surface area contributed by atoms with Gasteiger partial charge in [0, 0.05) is 22.8 Å². The van der Waals surface area contributed by atoms with Crippen molar-refractivity contribution in [3.05, 3.63) is 56.6 Å². The van der Waals surface area contributed by atoms with E-state index in [1.165, 1.54) is 30.0 Å². The molecule has 1 saturated heterocycles. The molecule has 2 heterocycles. The quantitative estimate of drug-likeness (QED) is 0.776.